The zero-order valence-electron chi connectivity index (χ0n) is 10.9. The first-order chi connectivity index (χ1) is 8.62. The Balaban J connectivity index is 2.90. The van der Waals surface area contributed by atoms with Crippen LogP contribution >= 0.6 is 0 Å². The van der Waals surface area contributed by atoms with Crippen molar-refractivity contribution in [3.8, 4) is 5.75 Å². The fraction of sp³-hybridized carbons (Fsp3) is 0.385. The number of methoxy groups -OCH3 is 1. The van der Waals surface area contributed by atoms with Gasteiger partial charge in [-0.25, -0.2) is 0 Å². The standard InChI is InChI=1S/C13H18N2O3/c1-10-4-5-12(18-3)11(8-10)15(9-16)7-6-13(17)14-2/h4-5,8-9H,6-7H2,1-3H3,(H,14,17). The average molecular weight is 250 g/mol. The molecule has 5 heteroatoms. The van der Waals surface area contributed by atoms with E-state index in [2.05, 4.69) is 5.32 Å². The van der Waals surface area contributed by atoms with Crippen molar-refractivity contribution in [3.05, 3.63) is 23.8 Å². The van der Waals surface area contributed by atoms with Crippen LogP contribution in [0.1, 0.15) is 12.0 Å². The summed E-state index contributed by atoms with van der Waals surface area (Å²) in [4.78, 5) is 23.8. The number of ether oxygens (including phenoxy) is 1. The second-order valence-corrected chi connectivity index (χ2v) is 3.90. The Hall–Kier alpha value is -2.04. The van der Waals surface area contributed by atoms with E-state index in [0.29, 0.717) is 24.4 Å². The maximum atomic E-state index is 11.2. The van der Waals surface area contributed by atoms with Gasteiger partial charge in [0.2, 0.25) is 12.3 Å². The van der Waals surface area contributed by atoms with Crippen LogP contribution in [0.25, 0.3) is 0 Å². The first-order valence-electron chi connectivity index (χ1n) is 5.69. The number of rotatable bonds is 6. The van der Waals surface area contributed by atoms with Crippen LogP contribution in [0.5, 0.6) is 5.75 Å². The fourth-order valence-electron chi connectivity index (χ4n) is 1.60. The molecule has 1 aromatic rings. The summed E-state index contributed by atoms with van der Waals surface area (Å²) >= 11 is 0. The summed E-state index contributed by atoms with van der Waals surface area (Å²) in [7, 11) is 3.12. The quantitative estimate of drug-likeness (QED) is 0.769. The minimum atomic E-state index is -0.103. The van der Waals surface area contributed by atoms with Gasteiger partial charge in [0, 0.05) is 20.0 Å². The highest BCUT2D eigenvalue weighted by molar-refractivity contribution is 5.82. The molecule has 0 unspecified atom stereocenters. The topological polar surface area (TPSA) is 58.6 Å². The van der Waals surface area contributed by atoms with E-state index in [1.807, 2.05) is 19.1 Å². The van der Waals surface area contributed by atoms with Gasteiger partial charge < -0.3 is 15.0 Å². The van der Waals surface area contributed by atoms with Gasteiger partial charge in [0.15, 0.2) is 0 Å². The van der Waals surface area contributed by atoms with Crippen LogP contribution in [0.3, 0.4) is 0 Å². The lowest BCUT2D eigenvalue weighted by molar-refractivity contribution is -0.120. The summed E-state index contributed by atoms with van der Waals surface area (Å²) < 4.78 is 5.22. The van der Waals surface area contributed by atoms with Crippen LogP contribution in [0, 0.1) is 6.92 Å². The number of amides is 2. The van der Waals surface area contributed by atoms with Gasteiger partial charge in [-0.05, 0) is 24.6 Å². The minimum absolute atomic E-state index is 0.103. The Morgan fingerprint density at radius 3 is 2.78 bits per heavy atom. The van der Waals surface area contributed by atoms with Gasteiger partial charge in [0.25, 0.3) is 0 Å². The van der Waals surface area contributed by atoms with Crippen molar-refractivity contribution in [2.45, 2.75) is 13.3 Å². The van der Waals surface area contributed by atoms with E-state index < -0.39 is 0 Å². The van der Waals surface area contributed by atoms with E-state index in [9.17, 15) is 9.59 Å². The minimum Gasteiger partial charge on any atom is -0.495 e. The number of nitrogens with zero attached hydrogens (tertiary/aromatic N) is 1. The van der Waals surface area contributed by atoms with Crippen LogP contribution in [-0.4, -0.2) is 33.0 Å². The summed E-state index contributed by atoms with van der Waals surface area (Å²) in [5, 5.41) is 2.52. The van der Waals surface area contributed by atoms with Gasteiger partial charge in [-0.1, -0.05) is 6.07 Å². The number of carbonyl (C=O) groups excluding carboxylic acids is 2. The number of carbonyl (C=O) groups is 2. The first kappa shape index (κ1) is 14.0. The highest BCUT2D eigenvalue weighted by Crippen LogP contribution is 2.28. The van der Waals surface area contributed by atoms with E-state index in [1.54, 1.807) is 20.2 Å². The molecule has 0 aliphatic carbocycles. The van der Waals surface area contributed by atoms with Crippen molar-refractivity contribution in [1.29, 1.82) is 0 Å². The largest absolute Gasteiger partial charge is 0.495 e. The highest BCUT2D eigenvalue weighted by atomic mass is 16.5. The molecule has 1 rings (SSSR count). The molecule has 0 spiro atoms. The highest BCUT2D eigenvalue weighted by Gasteiger charge is 2.12. The molecule has 0 aromatic heterocycles. The molecule has 0 aliphatic rings. The Kier molecular flexibility index (Phi) is 5.17. The van der Waals surface area contributed by atoms with Gasteiger partial charge in [-0.2, -0.15) is 0 Å². The van der Waals surface area contributed by atoms with Crippen LogP contribution in [0.2, 0.25) is 0 Å². The van der Waals surface area contributed by atoms with Gasteiger partial charge in [0.1, 0.15) is 5.75 Å². The molecular formula is C13H18N2O3. The number of nitrogens with one attached hydrogen (secondary N) is 1. The van der Waals surface area contributed by atoms with Crippen LogP contribution in [-0.2, 0) is 9.59 Å². The number of anilines is 1. The summed E-state index contributed by atoms with van der Waals surface area (Å²) in [5.41, 5.74) is 1.70. The van der Waals surface area contributed by atoms with Gasteiger partial charge >= 0.3 is 0 Å². The smallest absolute Gasteiger partial charge is 0.221 e. The van der Waals surface area contributed by atoms with Crippen molar-refractivity contribution in [1.82, 2.24) is 5.32 Å². The monoisotopic (exact) mass is 250 g/mol. The average Bonchev–Trinajstić information content (AvgIpc) is 2.39. The second-order valence-electron chi connectivity index (χ2n) is 3.90. The van der Waals surface area contributed by atoms with E-state index in [1.165, 1.54) is 4.90 Å². The van der Waals surface area contributed by atoms with E-state index in [0.717, 1.165) is 5.56 Å². The lowest BCUT2D eigenvalue weighted by Gasteiger charge is -2.20. The van der Waals surface area contributed by atoms with Crippen molar-refractivity contribution < 1.29 is 14.3 Å². The van der Waals surface area contributed by atoms with Crippen molar-refractivity contribution in [2.24, 2.45) is 0 Å². The first-order valence-corrected chi connectivity index (χ1v) is 5.69. The second kappa shape index (κ2) is 6.64. The predicted octanol–water partition coefficient (Wildman–Crippen LogP) is 1.10. The molecule has 0 radical (unpaired) electrons. The molecule has 0 bridgehead atoms. The fourth-order valence-corrected chi connectivity index (χ4v) is 1.60. The van der Waals surface area contributed by atoms with E-state index in [4.69, 9.17) is 4.74 Å². The molecular weight excluding hydrogens is 232 g/mol. The molecule has 0 atom stereocenters. The molecule has 1 aromatic carbocycles. The maximum Gasteiger partial charge on any atom is 0.221 e. The van der Waals surface area contributed by atoms with Crippen molar-refractivity contribution in [3.63, 3.8) is 0 Å². The number of hydrogen-bond donors (Lipinski definition) is 1. The maximum absolute atomic E-state index is 11.2. The molecule has 18 heavy (non-hydrogen) atoms. The molecule has 0 fully saturated rings. The summed E-state index contributed by atoms with van der Waals surface area (Å²) in [6, 6.07) is 5.57. The molecule has 0 saturated carbocycles. The Labute approximate surface area is 107 Å². The zero-order valence-corrected chi connectivity index (χ0v) is 10.9. The molecule has 2 amide bonds. The third kappa shape index (κ3) is 3.48. The molecule has 1 N–H and O–H groups in total. The van der Waals surface area contributed by atoms with Crippen LogP contribution in [0.4, 0.5) is 5.69 Å². The Morgan fingerprint density at radius 2 is 2.22 bits per heavy atom. The zero-order chi connectivity index (χ0) is 13.5. The number of aryl methyl sites for hydroxylation is 1. The van der Waals surface area contributed by atoms with E-state index in [-0.39, 0.29) is 12.3 Å². The van der Waals surface area contributed by atoms with Gasteiger partial charge in [-0.15, -0.1) is 0 Å². The predicted molar refractivity (Wildman–Crippen MR) is 69.8 cm³/mol. The molecule has 5 nitrogen and oxygen atoms in total. The van der Waals surface area contributed by atoms with E-state index >= 15 is 0 Å². The van der Waals surface area contributed by atoms with Crippen molar-refractivity contribution in [2.75, 3.05) is 25.6 Å². The van der Waals surface area contributed by atoms with Crippen molar-refractivity contribution >= 4 is 18.0 Å². The molecule has 0 heterocycles. The Bertz CT molecular complexity index is 432. The summed E-state index contributed by atoms with van der Waals surface area (Å²) in [6.07, 6.45) is 0.965. The molecule has 0 saturated heterocycles. The number of hydrogen-bond acceptors (Lipinski definition) is 3. The molecule has 0 aliphatic heterocycles. The lowest BCUT2D eigenvalue weighted by atomic mass is 10.2. The SMILES string of the molecule is CNC(=O)CCN(C=O)c1cc(C)ccc1OC. The van der Waals surface area contributed by atoms with Crippen LogP contribution in [0.15, 0.2) is 18.2 Å². The normalized spacial score (nSPS) is 9.72. The molecule has 98 valence electrons. The third-order valence-electron chi connectivity index (χ3n) is 2.63. The van der Waals surface area contributed by atoms with Crippen LogP contribution < -0.4 is 15.0 Å². The third-order valence-corrected chi connectivity index (χ3v) is 2.63. The Morgan fingerprint density at radius 1 is 1.50 bits per heavy atom. The number of benzene rings is 1. The lowest BCUT2D eigenvalue weighted by Crippen LogP contribution is -2.28. The summed E-state index contributed by atoms with van der Waals surface area (Å²) in [5.74, 6) is 0.512. The van der Waals surface area contributed by atoms with Gasteiger partial charge in [-0.3, -0.25) is 9.59 Å². The summed E-state index contributed by atoms with van der Waals surface area (Å²) in [6.45, 7) is 2.26. The van der Waals surface area contributed by atoms with Gasteiger partial charge in [0.05, 0.1) is 12.8 Å².